The number of thioether (sulfide) groups is 1. The Morgan fingerprint density at radius 3 is 2.75 bits per heavy atom. The Kier molecular flexibility index (Phi) is 6.92. The van der Waals surface area contributed by atoms with Crippen LogP contribution in [-0.4, -0.2) is 73.3 Å². The highest BCUT2D eigenvalue weighted by molar-refractivity contribution is 7.99. The van der Waals surface area contributed by atoms with E-state index in [2.05, 4.69) is 10.6 Å². The maximum Gasteiger partial charge on any atom is 0.337 e. The number of carbonyl (C=O) groups is 3. The Morgan fingerprint density at radius 2 is 2.04 bits per heavy atom. The van der Waals surface area contributed by atoms with Crippen LogP contribution in [0.5, 0.6) is 0 Å². The first-order chi connectivity index (χ1) is 11.6. The molecular weight excluding hydrogens is 334 g/mol. The van der Waals surface area contributed by atoms with E-state index in [4.69, 9.17) is 9.47 Å². The van der Waals surface area contributed by atoms with Gasteiger partial charge in [0.15, 0.2) is 0 Å². The highest BCUT2D eigenvalue weighted by Gasteiger charge is 2.33. The third kappa shape index (κ3) is 4.64. The number of hydrogen-bond donors (Lipinski definition) is 2. The van der Waals surface area contributed by atoms with Gasteiger partial charge in [0, 0.05) is 30.3 Å². The highest BCUT2D eigenvalue weighted by atomic mass is 32.2. The van der Waals surface area contributed by atoms with Crippen LogP contribution in [0, 0.1) is 0 Å². The van der Waals surface area contributed by atoms with Crippen molar-refractivity contribution < 1.29 is 23.9 Å². The topological polar surface area (TPSA) is 97.0 Å². The zero-order valence-corrected chi connectivity index (χ0v) is 14.7. The summed E-state index contributed by atoms with van der Waals surface area (Å²) in [6, 6.07) is -0.747. The van der Waals surface area contributed by atoms with Crippen molar-refractivity contribution >= 4 is 29.7 Å². The van der Waals surface area contributed by atoms with Gasteiger partial charge in [0.05, 0.1) is 25.3 Å². The van der Waals surface area contributed by atoms with E-state index in [0.29, 0.717) is 36.7 Å². The summed E-state index contributed by atoms with van der Waals surface area (Å²) < 4.78 is 10.2. The number of hydrogen-bond acceptors (Lipinski definition) is 7. The predicted molar refractivity (Wildman–Crippen MR) is 89.5 cm³/mol. The summed E-state index contributed by atoms with van der Waals surface area (Å²) in [6.07, 6.45) is 0. The lowest BCUT2D eigenvalue weighted by Crippen LogP contribution is -2.52. The monoisotopic (exact) mass is 357 g/mol. The van der Waals surface area contributed by atoms with Crippen molar-refractivity contribution in [1.82, 2.24) is 15.5 Å². The number of esters is 2. The molecule has 0 aromatic heterocycles. The first-order valence-electron chi connectivity index (χ1n) is 7.99. The van der Waals surface area contributed by atoms with Gasteiger partial charge in [-0.2, -0.15) is 11.8 Å². The second-order valence-corrected chi connectivity index (χ2v) is 6.45. The average molecular weight is 357 g/mol. The summed E-state index contributed by atoms with van der Waals surface area (Å²) >= 11 is 1.69. The molecule has 1 fully saturated rings. The molecule has 0 aromatic carbocycles. The average Bonchev–Trinajstić information content (AvgIpc) is 2.56. The third-order valence-corrected chi connectivity index (χ3v) is 4.76. The van der Waals surface area contributed by atoms with Gasteiger partial charge in [-0.3, -0.25) is 9.69 Å². The van der Waals surface area contributed by atoms with Crippen LogP contribution in [0.1, 0.15) is 13.8 Å². The van der Waals surface area contributed by atoms with Gasteiger partial charge in [-0.1, -0.05) is 0 Å². The van der Waals surface area contributed by atoms with E-state index in [1.54, 1.807) is 25.6 Å². The van der Waals surface area contributed by atoms with Crippen LogP contribution >= 0.6 is 11.8 Å². The van der Waals surface area contributed by atoms with E-state index >= 15 is 0 Å². The third-order valence-electron chi connectivity index (χ3n) is 3.74. The van der Waals surface area contributed by atoms with Crippen molar-refractivity contribution in [3.05, 3.63) is 11.3 Å². The van der Waals surface area contributed by atoms with Crippen molar-refractivity contribution in [2.24, 2.45) is 0 Å². The van der Waals surface area contributed by atoms with Crippen LogP contribution < -0.4 is 10.6 Å². The lowest BCUT2D eigenvalue weighted by atomic mass is 10.1. The molecule has 9 heteroatoms. The van der Waals surface area contributed by atoms with E-state index in [1.807, 2.05) is 4.90 Å². The van der Waals surface area contributed by atoms with Crippen LogP contribution in [-0.2, 0) is 19.1 Å². The van der Waals surface area contributed by atoms with Gasteiger partial charge >= 0.3 is 18.0 Å². The van der Waals surface area contributed by atoms with Gasteiger partial charge in [0.1, 0.15) is 6.04 Å². The normalized spacial score (nSPS) is 21.8. The van der Waals surface area contributed by atoms with Crippen LogP contribution in [0.25, 0.3) is 0 Å². The summed E-state index contributed by atoms with van der Waals surface area (Å²) in [4.78, 5) is 37.8. The van der Waals surface area contributed by atoms with Gasteiger partial charge in [-0.15, -0.1) is 0 Å². The molecule has 2 N–H and O–H groups in total. The maximum atomic E-state index is 12.1. The number of ether oxygens (including phenoxy) is 2. The van der Waals surface area contributed by atoms with E-state index in [1.165, 1.54) is 0 Å². The fourth-order valence-electron chi connectivity index (χ4n) is 2.57. The summed E-state index contributed by atoms with van der Waals surface area (Å²) in [7, 11) is 0. The van der Waals surface area contributed by atoms with Gasteiger partial charge in [0.25, 0.3) is 0 Å². The van der Waals surface area contributed by atoms with Crippen LogP contribution in [0.15, 0.2) is 11.3 Å². The molecule has 134 valence electrons. The lowest BCUT2D eigenvalue weighted by Gasteiger charge is -2.35. The summed E-state index contributed by atoms with van der Waals surface area (Å²) in [5.41, 5.74) is 0.871. The van der Waals surface area contributed by atoms with Crippen molar-refractivity contribution in [2.45, 2.75) is 19.9 Å². The Balaban J connectivity index is 2.17. The summed E-state index contributed by atoms with van der Waals surface area (Å²) in [5, 5.41) is 5.24. The van der Waals surface area contributed by atoms with Crippen molar-refractivity contribution in [2.75, 3.05) is 44.4 Å². The van der Waals surface area contributed by atoms with Crippen LogP contribution in [0.2, 0.25) is 0 Å². The molecule has 2 amide bonds. The SMILES string of the molecule is CCOC(=O)C1=C(CN2CCSCC2C(=O)OCC)NC(=O)NC1. The number of amides is 2. The predicted octanol–water partition coefficient (Wildman–Crippen LogP) is 0.0969. The largest absolute Gasteiger partial charge is 0.465 e. The Hall–Kier alpha value is -1.74. The van der Waals surface area contributed by atoms with Crippen LogP contribution in [0.3, 0.4) is 0 Å². The standard InChI is InChI=1S/C15H23N3O5S/c1-3-22-13(19)10-7-16-15(21)17-11(10)8-18-5-6-24-9-12(18)14(20)23-4-2/h12H,3-9H2,1-2H3,(H2,16,17,21). The fourth-order valence-corrected chi connectivity index (χ4v) is 3.67. The van der Waals surface area contributed by atoms with Gasteiger partial charge in [-0.05, 0) is 13.8 Å². The minimum atomic E-state index is -0.459. The number of urea groups is 1. The quantitative estimate of drug-likeness (QED) is 0.651. The maximum absolute atomic E-state index is 12.1. The van der Waals surface area contributed by atoms with E-state index in [9.17, 15) is 14.4 Å². The Labute approximate surface area is 145 Å². The molecule has 2 aliphatic rings. The molecule has 1 saturated heterocycles. The lowest BCUT2D eigenvalue weighted by molar-refractivity contribution is -0.148. The van der Waals surface area contributed by atoms with E-state index in [0.717, 1.165) is 5.75 Å². The second kappa shape index (κ2) is 8.93. The first kappa shape index (κ1) is 18.6. The molecular formula is C15H23N3O5S. The molecule has 2 aliphatic heterocycles. The zero-order valence-electron chi connectivity index (χ0n) is 13.9. The molecule has 0 saturated carbocycles. The number of rotatable bonds is 6. The van der Waals surface area contributed by atoms with Crippen molar-refractivity contribution in [3.63, 3.8) is 0 Å². The van der Waals surface area contributed by atoms with Gasteiger partial charge < -0.3 is 20.1 Å². The molecule has 1 unspecified atom stereocenters. The molecule has 0 spiro atoms. The fraction of sp³-hybridized carbons (Fsp3) is 0.667. The summed E-state index contributed by atoms with van der Waals surface area (Å²) in [5.74, 6) is 0.777. The highest BCUT2D eigenvalue weighted by Crippen LogP contribution is 2.20. The first-order valence-corrected chi connectivity index (χ1v) is 9.14. The smallest absolute Gasteiger partial charge is 0.337 e. The minimum absolute atomic E-state index is 0.118. The molecule has 2 rings (SSSR count). The molecule has 1 atom stereocenters. The molecule has 0 radical (unpaired) electrons. The molecule has 0 aromatic rings. The van der Waals surface area contributed by atoms with Crippen LogP contribution in [0.4, 0.5) is 4.79 Å². The molecule has 24 heavy (non-hydrogen) atoms. The molecule has 2 heterocycles. The Morgan fingerprint density at radius 1 is 1.29 bits per heavy atom. The van der Waals surface area contributed by atoms with Gasteiger partial charge in [0.2, 0.25) is 0 Å². The number of nitrogens with zero attached hydrogens (tertiary/aromatic N) is 1. The van der Waals surface area contributed by atoms with Crippen molar-refractivity contribution in [1.29, 1.82) is 0 Å². The molecule has 8 nitrogen and oxygen atoms in total. The van der Waals surface area contributed by atoms with Crippen molar-refractivity contribution in [3.8, 4) is 0 Å². The van der Waals surface area contributed by atoms with Gasteiger partial charge in [-0.25, -0.2) is 9.59 Å². The second-order valence-electron chi connectivity index (χ2n) is 5.30. The molecule has 0 aliphatic carbocycles. The molecule has 0 bridgehead atoms. The van der Waals surface area contributed by atoms with E-state index < -0.39 is 5.97 Å². The number of nitrogens with one attached hydrogen (secondary N) is 2. The zero-order chi connectivity index (χ0) is 17.5. The summed E-state index contributed by atoms with van der Waals surface area (Å²) in [6.45, 7) is 5.17. The Bertz CT molecular complexity index is 537. The number of carbonyl (C=O) groups excluding carboxylic acids is 3. The minimum Gasteiger partial charge on any atom is -0.465 e. The van der Waals surface area contributed by atoms with E-state index in [-0.39, 0.29) is 31.2 Å².